The molecule has 0 unspecified atom stereocenters. The normalized spacial score (nSPS) is 17.6. The highest BCUT2D eigenvalue weighted by Crippen LogP contribution is 2.32. The lowest BCUT2D eigenvalue weighted by atomic mass is 10.1. The minimum absolute atomic E-state index is 0.176. The molecule has 0 bridgehead atoms. The first kappa shape index (κ1) is 20.9. The van der Waals surface area contributed by atoms with E-state index in [1.165, 1.54) is 18.2 Å². The summed E-state index contributed by atoms with van der Waals surface area (Å²) in [5.74, 6) is -0.836. The van der Waals surface area contributed by atoms with Gasteiger partial charge in [-0.1, -0.05) is 35.3 Å². The van der Waals surface area contributed by atoms with E-state index in [1.807, 2.05) is 0 Å². The number of hydrogen-bond donors (Lipinski definition) is 2. The number of para-hydroxylation sites is 1. The van der Waals surface area contributed by atoms with Gasteiger partial charge in [-0.15, -0.1) is 0 Å². The van der Waals surface area contributed by atoms with Gasteiger partial charge in [-0.05, 0) is 45.8 Å². The lowest BCUT2D eigenvalue weighted by molar-refractivity contribution is -0.128. The van der Waals surface area contributed by atoms with Gasteiger partial charge in [-0.25, -0.2) is 9.18 Å². The van der Waals surface area contributed by atoms with E-state index < -0.39 is 29.9 Å². The first-order chi connectivity index (χ1) is 13.3. The number of carbonyl (C=O) groups excluding carboxylic acids is 2. The molecule has 0 spiro atoms. The molecule has 1 heterocycles. The number of β-amino-alcohol motifs (C(OH)–C–C–N with tert-alkyl or cyclic N) is 1. The maximum atomic E-state index is 13.4. The Morgan fingerprint density at radius 2 is 1.93 bits per heavy atom. The quantitative estimate of drug-likeness (QED) is 0.600. The minimum atomic E-state index is -1.17. The number of amides is 3. The second kappa shape index (κ2) is 8.65. The maximum Gasteiger partial charge on any atom is 0.325 e. The molecule has 3 rings (SSSR count). The summed E-state index contributed by atoms with van der Waals surface area (Å²) in [5.41, 5.74) is 0.419. The summed E-state index contributed by atoms with van der Waals surface area (Å²) in [5, 5.41) is 13.2. The van der Waals surface area contributed by atoms with Crippen molar-refractivity contribution in [2.75, 3.05) is 13.2 Å². The minimum Gasteiger partial charge on any atom is -0.488 e. The van der Waals surface area contributed by atoms with Crippen molar-refractivity contribution in [3.63, 3.8) is 0 Å². The molecule has 2 aromatic carbocycles. The molecule has 10 heteroatoms. The molecule has 2 atom stereocenters. The number of hydrogen-bond acceptors (Lipinski definition) is 4. The Bertz CT molecular complexity index is 910. The average Bonchev–Trinajstić information content (AvgIpc) is 2.92. The average molecular weight is 492 g/mol. The van der Waals surface area contributed by atoms with Gasteiger partial charge in [0.1, 0.15) is 24.6 Å². The van der Waals surface area contributed by atoms with Gasteiger partial charge < -0.3 is 15.2 Å². The Morgan fingerprint density at radius 1 is 1.25 bits per heavy atom. The largest absolute Gasteiger partial charge is 0.488 e. The molecule has 0 saturated carbocycles. The molecule has 3 amide bonds. The molecule has 2 aromatic rings. The van der Waals surface area contributed by atoms with Crippen LogP contribution in [0, 0.1) is 5.82 Å². The Labute approximate surface area is 178 Å². The number of ether oxygens (including phenoxy) is 1. The van der Waals surface area contributed by atoms with Crippen LogP contribution >= 0.6 is 39.1 Å². The van der Waals surface area contributed by atoms with E-state index in [1.54, 1.807) is 18.2 Å². The van der Waals surface area contributed by atoms with Gasteiger partial charge >= 0.3 is 6.03 Å². The fourth-order valence-electron chi connectivity index (χ4n) is 2.67. The van der Waals surface area contributed by atoms with Gasteiger partial charge in [0.2, 0.25) is 0 Å². The van der Waals surface area contributed by atoms with E-state index in [0.29, 0.717) is 5.56 Å². The number of halogens is 4. The third-order valence-electron chi connectivity index (χ3n) is 4.04. The van der Waals surface area contributed by atoms with Crippen molar-refractivity contribution >= 4 is 51.1 Å². The summed E-state index contributed by atoms with van der Waals surface area (Å²) in [6, 6.07) is 7.20. The Kier molecular flexibility index (Phi) is 6.44. The van der Waals surface area contributed by atoms with Gasteiger partial charge in [0.05, 0.1) is 21.1 Å². The fraction of sp³-hybridized carbons (Fsp3) is 0.222. The summed E-state index contributed by atoms with van der Waals surface area (Å²) >= 11 is 15.0. The van der Waals surface area contributed by atoms with Crippen LogP contribution in [0.1, 0.15) is 11.6 Å². The van der Waals surface area contributed by atoms with Gasteiger partial charge in [-0.2, -0.15) is 0 Å². The van der Waals surface area contributed by atoms with Gasteiger partial charge in [0.25, 0.3) is 5.91 Å². The molecule has 148 valence electrons. The topological polar surface area (TPSA) is 78.9 Å². The summed E-state index contributed by atoms with van der Waals surface area (Å²) in [6.07, 6.45) is -1.17. The SMILES string of the molecule is O=C1N[C@@H](c2ccc(F)c(Br)c2)C(=O)N1C[C@H](O)COc1c(Cl)cccc1Cl. The zero-order chi connectivity index (χ0) is 20.4. The van der Waals surface area contributed by atoms with Crippen molar-refractivity contribution in [1.82, 2.24) is 10.2 Å². The van der Waals surface area contributed by atoms with Gasteiger partial charge in [0, 0.05) is 0 Å². The standard InChI is InChI=1S/C18H14BrCl2FN2O4/c19-11-6-9(4-5-14(11)22)15-17(26)24(18(27)23-15)7-10(25)8-28-16-12(20)2-1-3-13(16)21/h1-6,10,15,25H,7-8H2,(H,23,27)/t10-,15-/m0/s1. The molecule has 1 aliphatic rings. The number of aliphatic hydroxyl groups is 1. The molecule has 0 aromatic heterocycles. The number of urea groups is 1. The highest BCUT2D eigenvalue weighted by atomic mass is 79.9. The van der Waals surface area contributed by atoms with Crippen molar-refractivity contribution in [2.45, 2.75) is 12.1 Å². The third kappa shape index (κ3) is 4.41. The van der Waals surface area contributed by atoms with Gasteiger partial charge in [0.15, 0.2) is 5.75 Å². The summed E-state index contributed by atoms with van der Waals surface area (Å²) in [4.78, 5) is 25.6. The van der Waals surface area contributed by atoms with E-state index in [4.69, 9.17) is 27.9 Å². The van der Waals surface area contributed by atoms with E-state index in [2.05, 4.69) is 21.2 Å². The number of imide groups is 1. The maximum absolute atomic E-state index is 13.4. The molecule has 0 aliphatic carbocycles. The van der Waals surface area contributed by atoms with Crippen LogP contribution in [0.4, 0.5) is 9.18 Å². The number of rotatable bonds is 6. The first-order valence-corrected chi connectivity index (χ1v) is 9.64. The van der Waals surface area contributed by atoms with Crippen LogP contribution in [0.15, 0.2) is 40.9 Å². The number of carbonyl (C=O) groups is 2. The second-order valence-electron chi connectivity index (χ2n) is 6.02. The van der Waals surface area contributed by atoms with Crippen LogP contribution in [0.25, 0.3) is 0 Å². The van der Waals surface area contributed by atoms with Crippen LogP contribution in [0.3, 0.4) is 0 Å². The van der Waals surface area contributed by atoms with Crippen molar-refractivity contribution in [3.8, 4) is 5.75 Å². The zero-order valence-electron chi connectivity index (χ0n) is 14.2. The molecule has 6 nitrogen and oxygen atoms in total. The monoisotopic (exact) mass is 490 g/mol. The number of nitrogens with zero attached hydrogens (tertiary/aromatic N) is 1. The Morgan fingerprint density at radius 3 is 2.57 bits per heavy atom. The molecule has 1 aliphatic heterocycles. The summed E-state index contributed by atoms with van der Waals surface area (Å²) in [7, 11) is 0. The van der Waals surface area contributed by atoms with E-state index in [-0.39, 0.29) is 33.4 Å². The van der Waals surface area contributed by atoms with Crippen molar-refractivity contribution in [3.05, 3.63) is 62.3 Å². The smallest absolute Gasteiger partial charge is 0.325 e. The molecule has 28 heavy (non-hydrogen) atoms. The second-order valence-corrected chi connectivity index (χ2v) is 7.69. The number of aliphatic hydroxyl groups excluding tert-OH is 1. The van der Waals surface area contributed by atoms with Crippen LogP contribution in [-0.4, -0.2) is 41.2 Å². The van der Waals surface area contributed by atoms with Crippen LogP contribution in [0.5, 0.6) is 5.75 Å². The lowest BCUT2D eigenvalue weighted by Crippen LogP contribution is -2.39. The summed E-state index contributed by atoms with van der Waals surface area (Å²) < 4.78 is 19.0. The highest BCUT2D eigenvalue weighted by Gasteiger charge is 2.40. The molecule has 2 N–H and O–H groups in total. The molecule has 0 radical (unpaired) electrons. The van der Waals surface area contributed by atoms with E-state index >= 15 is 0 Å². The summed E-state index contributed by atoms with van der Waals surface area (Å²) in [6.45, 7) is -0.515. The zero-order valence-corrected chi connectivity index (χ0v) is 17.3. The van der Waals surface area contributed by atoms with E-state index in [9.17, 15) is 19.1 Å². The predicted molar refractivity (Wildman–Crippen MR) is 105 cm³/mol. The van der Waals surface area contributed by atoms with E-state index in [0.717, 1.165) is 4.90 Å². The molecule has 1 saturated heterocycles. The lowest BCUT2D eigenvalue weighted by Gasteiger charge is -2.19. The van der Waals surface area contributed by atoms with Crippen molar-refractivity contribution in [2.24, 2.45) is 0 Å². The molecular formula is C18H14BrCl2FN2O4. The van der Waals surface area contributed by atoms with Crippen LogP contribution in [0.2, 0.25) is 10.0 Å². The highest BCUT2D eigenvalue weighted by molar-refractivity contribution is 9.10. The third-order valence-corrected chi connectivity index (χ3v) is 5.24. The van der Waals surface area contributed by atoms with Crippen LogP contribution < -0.4 is 10.1 Å². The van der Waals surface area contributed by atoms with Crippen LogP contribution in [-0.2, 0) is 4.79 Å². The first-order valence-electron chi connectivity index (χ1n) is 8.09. The van der Waals surface area contributed by atoms with Crippen molar-refractivity contribution in [1.29, 1.82) is 0 Å². The van der Waals surface area contributed by atoms with Gasteiger partial charge in [-0.3, -0.25) is 9.69 Å². The number of nitrogens with one attached hydrogen (secondary N) is 1. The molecular weight excluding hydrogens is 478 g/mol. The Hall–Kier alpha value is -1.87. The van der Waals surface area contributed by atoms with Crippen molar-refractivity contribution < 1.29 is 23.8 Å². The molecule has 1 fully saturated rings. The Balaban J connectivity index is 1.64. The fourth-order valence-corrected chi connectivity index (χ4v) is 3.58. The number of benzene rings is 2. The predicted octanol–water partition coefficient (Wildman–Crippen LogP) is 3.93.